The molecule has 152 valence electrons. The van der Waals surface area contributed by atoms with Crippen molar-refractivity contribution in [3.8, 4) is 0 Å². The quantitative estimate of drug-likeness (QED) is 0.708. The highest BCUT2D eigenvalue weighted by atomic mass is 35.5. The van der Waals surface area contributed by atoms with Crippen LogP contribution >= 0.6 is 11.6 Å². The van der Waals surface area contributed by atoms with E-state index in [1.807, 2.05) is 18.0 Å². The Morgan fingerprint density at radius 2 is 2.17 bits per heavy atom. The normalized spacial score (nSPS) is 21.3. The van der Waals surface area contributed by atoms with Crippen molar-refractivity contribution < 1.29 is 9.18 Å². The summed E-state index contributed by atoms with van der Waals surface area (Å²) in [5.74, 6) is -1.06. The van der Waals surface area contributed by atoms with E-state index in [0.717, 1.165) is 36.7 Å². The van der Waals surface area contributed by atoms with Gasteiger partial charge in [-0.25, -0.2) is 4.39 Å². The van der Waals surface area contributed by atoms with Crippen molar-refractivity contribution in [3.63, 3.8) is 0 Å². The number of piperazine rings is 1. The van der Waals surface area contributed by atoms with Crippen molar-refractivity contribution in [1.29, 1.82) is 0 Å². The largest absolute Gasteiger partial charge is 0.369 e. The Balaban J connectivity index is 1.50. The molecule has 1 atom stereocenters. The minimum absolute atomic E-state index is 0.00396. The maximum atomic E-state index is 14.7. The van der Waals surface area contributed by atoms with Crippen molar-refractivity contribution in [2.75, 3.05) is 24.5 Å². The summed E-state index contributed by atoms with van der Waals surface area (Å²) in [6, 6.07) is 5.08. The molecular formula is C21H23ClFN5O. The van der Waals surface area contributed by atoms with E-state index in [2.05, 4.69) is 27.8 Å². The summed E-state index contributed by atoms with van der Waals surface area (Å²) in [6.45, 7) is 6.47. The van der Waals surface area contributed by atoms with Crippen LogP contribution < -0.4 is 20.9 Å². The number of fused-ring (bicyclic) bond motifs is 1. The van der Waals surface area contributed by atoms with Gasteiger partial charge in [0.15, 0.2) is 0 Å². The average molecular weight is 416 g/mol. The van der Waals surface area contributed by atoms with Crippen LogP contribution in [0.15, 0.2) is 65.0 Å². The summed E-state index contributed by atoms with van der Waals surface area (Å²) in [5, 5.41) is 9.67. The number of rotatable bonds is 3. The molecule has 8 heteroatoms. The lowest BCUT2D eigenvalue weighted by Gasteiger charge is -2.33. The number of nitrogens with one attached hydrogen (secondary N) is 3. The molecule has 6 nitrogen and oxygen atoms in total. The Labute approximate surface area is 174 Å². The van der Waals surface area contributed by atoms with Crippen LogP contribution in [-0.4, -0.2) is 36.5 Å². The van der Waals surface area contributed by atoms with Gasteiger partial charge in [0.1, 0.15) is 5.82 Å². The summed E-state index contributed by atoms with van der Waals surface area (Å²) in [5.41, 5.74) is 2.98. The van der Waals surface area contributed by atoms with Crippen LogP contribution in [0, 0.1) is 5.82 Å². The molecule has 1 amide bonds. The molecule has 1 aromatic carbocycles. The number of carbonyl (C=O) groups is 1. The highest BCUT2D eigenvalue weighted by molar-refractivity contribution is 6.32. The molecule has 1 fully saturated rings. The van der Waals surface area contributed by atoms with Gasteiger partial charge in [0, 0.05) is 55.7 Å². The highest BCUT2D eigenvalue weighted by Gasteiger charge is 2.22. The van der Waals surface area contributed by atoms with E-state index in [0.29, 0.717) is 16.8 Å². The van der Waals surface area contributed by atoms with Gasteiger partial charge >= 0.3 is 0 Å². The topological polar surface area (TPSA) is 59.6 Å². The van der Waals surface area contributed by atoms with Gasteiger partial charge in [0.2, 0.25) is 0 Å². The van der Waals surface area contributed by atoms with Crippen LogP contribution in [0.1, 0.15) is 24.2 Å². The van der Waals surface area contributed by atoms with E-state index in [1.165, 1.54) is 12.1 Å². The Morgan fingerprint density at radius 3 is 2.93 bits per heavy atom. The van der Waals surface area contributed by atoms with Crippen LogP contribution in [-0.2, 0) is 0 Å². The smallest absolute Gasteiger partial charge is 0.258 e. The maximum Gasteiger partial charge on any atom is 0.258 e. The third-order valence-electron chi connectivity index (χ3n) is 5.04. The Kier molecular flexibility index (Phi) is 5.34. The van der Waals surface area contributed by atoms with Gasteiger partial charge in [0.05, 0.1) is 22.0 Å². The first-order valence-corrected chi connectivity index (χ1v) is 9.90. The molecule has 3 heterocycles. The summed E-state index contributed by atoms with van der Waals surface area (Å²) in [7, 11) is 0. The van der Waals surface area contributed by atoms with Crippen molar-refractivity contribution in [3.05, 3.63) is 76.4 Å². The monoisotopic (exact) mass is 415 g/mol. The third-order valence-corrected chi connectivity index (χ3v) is 5.34. The fourth-order valence-electron chi connectivity index (χ4n) is 3.59. The van der Waals surface area contributed by atoms with Crippen molar-refractivity contribution in [2.24, 2.45) is 0 Å². The van der Waals surface area contributed by atoms with Crippen molar-refractivity contribution in [1.82, 2.24) is 20.9 Å². The number of amides is 1. The maximum absolute atomic E-state index is 14.7. The van der Waals surface area contributed by atoms with Crippen LogP contribution in [0.4, 0.5) is 10.1 Å². The number of hydrogen-bond donors (Lipinski definition) is 3. The second kappa shape index (κ2) is 7.93. The van der Waals surface area contributed by atoms with E-state index in [9.17, 15) is 9.18 Å². The Bertz CT molecular complexity index is 968. The highest BCUT2D eigenvalue weighted by Crippen LogP contribution is 2.28. The first-order chi connectivity index (χ1) is 13.9. The summed E-state index contributed by atoms with van der Waals surface area (Å²) in [4.78, 5) is 16.6. The molecule has 0 aromatic heterocycles. The van der Waals surface area contributed by atoms with E-state index in [-0.39, 0.29) is 5.56 Å². The lowest BCUT2D eigenvalue weighted by Crippen LogP contribution is -2.49. The molecule has 1 unspecified atom stereocenters. The molecule has 3 N–H and O–H groups in total. The number of anilines is 1. The van der Waals surface area contributed by atoms with Crippen LogP contribution in [0.25, 0.3) is 0 Å². The minimum atomic E-state index is -0.545. The number of hydrogen-bond acceptors (Lipinski definition) is 5. The van der Waals surface area contributed by atoms with Gasteiger partial charge in [-0.15, -0.1) is 0 Å². The molecule has 3 aliphatic heterocycles. The summed E-state index contributed by atoms with van der Waals surface area (Å²) < 4.78 is 14.7. The standard InChI is InChI=1S/C21H23ClFN5O/c1-13-10-27(6-5-24-13)16-3-4-17(19(23)8-16)21(29)26-15-7-18(22)20-9-25-14(2)11-28(20)12-15/h3-4,7-9,11-13,24-25H,5-6,10H2,1-2H3,(H,26,29). The lowest BCUT2D eigenvalue weighted by atomic mass is 10.1. The average Bonchev–Trinajstić information content (AvgIpc) is 2.67. The summed E-state index contributed by atoms with van der Waals surface area (Å²) in [6.07, 6.45) is 7.04. The third kappa shape index (κ3) is 4.16. The molecule has 29 heavy (non-hydrogen) atoms. The van der Waals surface area contributed by atoms with Gasteiger partial charge in [-0.3, -0.25) is 4.79 Å². The van der Waals surface area contributed by atoms with E-state index < -0.39 is 11.7 Å². The molecular weight excluding hydrogens is 393 g/mol. The second-order valence-corrected chi connectivity index (χ2v) is 7.80. The lowest BCUT2D eigenvalue weighted by molar-refractivity contribution is 0.0962. The second-order valence-electron chi connectivity index (χ2n) is 7.39. The van der Waals surface area contributed by atoms with E-state index in [1.54, 1.807) is 24.5 Å². The van der Waals surface area contributed by atoms with Gasteiger partial charge in [-0.1, -0.05) is 11.6 Å². The zero-order chi connectivity index (χ0) is 20.5. The van der Waals surface area contributed by atoms with Crippen LogP contribution in [0.2, 0.25) is 0 Å². The van der Waals surface area contributed by atoms with E-state index in [4.69, 9.17) is 11.6 Å². The zero-order valence-corrected chi connectivity index (χ0v) is 17.1. The van der Waals surface area contributed by atoms with Gasteiger partial charge in [0.25, 0.3) is 5.91 Å². The Hall–Kier alpha value is -2.77. The number of nitrogens with zero attached hydrogens (tertiary/aromatic N) is 2. The molecule has 0 spiro atoms. The predicted molar refractivity (Wildman–Crippen MR) is 112 cm³/mol. The fraction of sp³-hybridized carbons (Fsp3) is 0.286. The number of allylic oxidation sites excluding steroid dienone is 3. The Morgan fingerprint density at radius 1 is 1.34 bits per heavy atom. The molecule has 3 aliphatic rings. The molecule has 0 aliphatic carbocycles. The first-order valence-electron chi connectivity index (χ1n) is 9.53. The van der Waals surface area contributed by atoms with Crippen molar-refractivity contribution >= 4 is 23.2 Å². The van der Waals surface area contributed by atoms with Crippen molar-refractivity contribution in [2.45, 2.75) is 19.9 Å². The molecule has 1 aromatic rings. The molecule has 1 saturated heterocycles. The fourth-order valence-corrected chi connectivity index (χ4v) is 3.86. The number of carbonyl (C=O) groups excluding carboxylic acids is 1. The van der Waals surface area contributed by atoms with Gasteiger partial charge in [-0.2, -0.15) is 0 Å². The SMILES string of the molecule is CC1=CN2C=C(NC(=O)c3ccc(N4CCNC(C)C4)cc3F)C=C(Cl)C2=CN1. The van der Waals surface area contributed by atoms with Crippen LogP contribution in [0.5, 0.6) is 0 Å². The number of benzene rings is 1. The van der Waals surface area contributed by atoms with Gasteiger partial charge in [-0.05, 0) is 38.1 Å². The molecule has 0 saturated carbocycles. The minimum Gasteiger partial charge on any atom is -0.369 e. The molecule has 0 radical (unpaired) electrons. The predicted octanol–water partition coefficient (Wildman–Crippen LogP) is 2.94. The van der Waals surface area contributed by atoms with E-state index >= 15 is 0 Å². The zero-order valence-electron chi connectivity index (χ0n) is 16.3. The molecule has 0 bridgehead atoms. The first kappa shape index (κ1) is 19.5. The number of halogens is 2. The van der Waals surface area contributed by atoms with Crippen LogP contribution in [0.3, 0.4) is 0 Å². The molecule has 4 rings (SSSR count). The summed E-state index contributed by atoms with van der Waals surface area (Å²) >= 11 is 6.32. The van der Waals surface area contributed by atoms with Gasteiger partial charge < -0.3 is 25.8 Å².